The van der Waals surface area contributed by atoms with Crippen LogP contribution in [0.3, 0.4) is 0 Å². The van der Waals surface area contributed by atoms with Gasteiger partial charge in [0.15, 0.2) is 0 Å². The molecule has 0 atom stereocenters. The number of rotatable bonds is 5. The lowest BCUT2D eigenvalue weighted by Crippen LogP contribution is -2.44. The fraction of sp³-hybridized carbons (Fsp3) is 0.579. The van der Waals surface area contributed by atoms with Crippen LogP contribution >= 0.6 is 0 Å². The lowest BCUT2D eigenvalue weighted by atomic mass is 10.1. The Bertz CT molecular complexity index is 643. The van der Waals surface area contributed by atoms with Crippen LogP contribution in [0.15, 0.2) is 30.5 Å². The Morgan fingerprint density at radius 2 is 1.75 bits per heavy atom. The van der Waals surface area contributed by atoms with Gasteiger partial charge in [-0.15, -0.1) is 0 Å². The van der Waals surface area contributed by atoms with Gasteiger partial charge in [-0.1, -0.05) is 6.07 Å². The topological polar surface area (TPSA) is 40.7 Å². The van der Waals surface area contributed by atoms with Crippen molar-refractivity contribution in [2.75, 3.05) is 52.5 Å². The smallest absolute Gasteiger partial charge is 0.129 e. The van der Waals surface area contributed by atoms with Gasteiger partial charge in [-0.2, -0.15) is 0 Å². The molecule has 1 aromatic carbocycles. The fourth-order valence-corrected chi connectivity index (χ4v) is 3.70. The minimum Gasteiger partial charge on any atom is -0.490 e. The predicted octanol–water partition coefficient (Wildman–Crippen LogP) is 2.34. The summed E-state index contributed by atoms with van der Waals surface area (Å²) in [6, 6.07) is 8.34. The van der Waals surface area contributed by atoms with Gasteiger partial charge >= 0.3 is 0 Å². The number of fused-ring (bicyclic) bond motifs is 1. The van der Waals surface area contributed by atoms with E-state index < -0.39 is 0 Å². The molecule has 3 heterocycles. The zero-order valence-corrected chi connectivity index (χ0v) is 14.2. The molecular formula is C19H27N3O2. The molecule has 5 nitrogen and oxygen atoms in total. The lowest BCUT2D eigenvalue weighted by molar-refractivity contribution is 0.0290. The zero-order valence-electron chi connectivity index (χ0n) is 14.2. The molecule has 5 heteroatoms. The van der Waals surface area contributed by atoms with Crippen LogP contribution in [0.5, 0.6) is 5.75 Å². The van der Waals surface area contributed by atoms with Gasteiger partial charge in [-0.3, -0.25) is 4.90 Å². The highest BCUT2D eigenvalue weighted by molar-refractivity contribution is 5.85. The molecule has 24 heavy (non-hydrogen) atoms. The molecule has 0 saturated carbocycles. The van der Waals surface area contributed by atoms with Crippen molar-refractivity contribution in [1.82, 2.24) is 14.8 Å². The first-order valence-corrected chi connectivity index (χ1v) is 9.14. The third-order valence-corrected chi connectivity index (χ3v) is 5.22. The highest BCUT2D eigenvalue weighted by atomic mass is 16.5. The van der Waals surface area contributed by atoms with Gasteiger partial charge in [0.25, 0.3) is 0 Å². The van der Waals surface area contributed by atoms with Crippen molar-refractivity contribution < 1.29 is 9.47 Å². The maximum Gasteiger partial charge on any atom is 0.129 e. The van der Waals surface area contributed by atoms with Crippen LogP contribution in [0.25, 0.3) is 10.9 Å². The molecule has 0 aliphatic carbocycles. The second-order valence-electron chi connectivity index (χ2n) is 6.81. The number of morpholine rings is 1. The summed E-state index contributed by atoms with van der Waals surface area (Å²) in [6.45, 7) is 8.55. The number of hydrogen-bond donors (Lipinski definition) is 1. The minimum absolute atomic E-state index is 0.338. The summed E-state index contributed by atoms with van der Waals surface area (Å²) in [5.74, 6) is 1.01. The van der Waals surface area contributed by atoms with E-state index in [9.17, 15) is 0 Å². The number of hydrogen-bond acceptors (Lipinski definition) is 4. The van der Waals surface area contributed by atoms with E-state index in [0.29, 0.717) is 6.10 Å². The monoisotopic (exact) mass is 329 g/mol. The summed E-state index contributed by atoms with van der Waals surface area (Å²) in [6.07, 6.45) is 4.55. The molecule has 0 spiro atoms. The second-order valence-corrected chi connectivity index (χ2v) is 6.81. The number of aromatic amines is 1. The average molecular weight is 329 g/mol. The first-order chi connectivity index (χ1) is 11.9. The normalized spacial score (nSPS) is 21.3. The molecule has 1 aromatic heterocycles. The van der Waals surface area contributed by atoms with Crippen molar-refractivity contribution in [1.29, 1.82) is 0 Å². The van der Waals surface area contributed by atoms with E-state index in [4.69, 9.17) is 9.47 Å². The van der Waals surface area contributed by atoms with Crippen molar-refractivity contribution >= 4 is 10.9 Å². The number of benzene rings is 1. The van der Waals surface area contributed by atoms with Gasteiger partial charge in [0.1, 0.15) is 11.9 Å². The molecule has 2 aliphatic heterocycles. The van der Waals surface area contributed by atoms with Gasteiger partial charge in [-0.05, 0) is 31.0 Å². The molecule has 1 N–H and O–H groups in total. The van der Waals surface area contributed by atoms with E-state index >= 15 is 0 Å². The standard InChI is InChI=1S/C19H27N3O2/c1-2-18-17(4-7-20-18)19(3-1)24-16-5-8-21(9-6-16)10-11-22-12-14-23-15-13-22/h1-4,7,16,20H,5-6,8-15H2. The van der Waals surface area contributed by atoms with Gasteiger partial charge in [0.05, 0.1) is 13.2 Å². The Kier molecular flexibility index (Phi) is 5.02. The Labute approximate surface area is 143 Å². The van der Waals surface area contributed by atoms with E-state index in [-0.39, 0.29) is 0 Å². The average Bonchev–Trinajstić information content (AvgIpc) is 3.12. The van der Waals surface area contributed by atoms with Crippen molar-refractivity contribution in [2.24, 2.45) is 0 Å². The molecule has 2 aromatic rings. The van der Waals surface area contributed by atoms with Gasteiger partial charge < -0.3 is 19.4 Å². The third-order valence-electron chi connectivity index (χ3n) is 5.22. The molecule has 130 valence electrons. The minimum atomic E-state index is 0.338. The molecule has 0 radical (unpaired) electrons. The summed E-state index contributed by atoms with van der Waals surface area (Å²) < 4.78 is 11.7. The molecular weight excluding hydrogens is 302 g/mol. The van der Waals surface area contributed by atoms with Gasteiger partial charge in [0.2, 0.25) is 0 Å². The number of piperidine rings is 1. The van der Waals surface area contributed by atoms with Crippen LogP contribution < -0.4 is 4.74 Å². The summed E-state index contributed by atoms with van der Waals surface area (Å²) in [4.78, 5) is 8.34. The number of nitrogens with zero attached hydrogens (tertiary/aromatic N) is 2. The Hall–Kier alpha value is -1.56. The largest absolute Gasteiger partial charge is 0.490 e. The van der Waals surface area contributed by atoms with Crippen LogP contribution in [-0.2, 0) is 4.74 Å². The number of aromatic nitrogens is 1. The molecule has 4 rings (SSSR count). The lowest BCUT2D eigenvalue weighted by Gasteiger charge is -2.34. The number of nitrogens with one attached hydrogen (secondary N) is 1. The first kappa shape index (κ1) is 15.9. The quantitative estimate of drug-likeness (QED) is 0.914. The Morgan fingerprint density at radius 1 is 1.00 bits per heavy atom. The maximum atomic E-state index is 6.30. The Balaban J connectivity index is 1.25. The highest BCUT2D eigenvalue weighted by Gasteiger charge is 2.22. The predicted molar refractivity (Wildman–Crippen MR) is 95.6 cm³/mol. The molecule has 2 aliphatic rings. The molecule has 0 unspecified atom stereocenters. The molecule has 2 fully saturated rings. The molecule has 0 bridgehead atoms. The van der Waals surface area contributed by atoms with E-state index in [0.717, 1.165) is 70.0 Å². The summed E-state index contributed by atoms with van der Waals surface area (Å²) in [5.41, 5.74) is 1.15. The Morgan fingerprint density at radius 3 is 2.54 bits per heavy atom. The SMILES string of the molecule is c1cc(OC2CCN(CCN3CCOCC3)CC2)c2cc[nH]c2c1. The van der Waals surface area contributed by atoms with Crippen LogP contribution in [-0.4, -0.2) is 73.4 Å². The zero-order chi connectivity index (χ0) is 16.2. The van der Waals surface area contributed by atoms with Gasteiger partial charge in [-0.25, -0.2) is 0 Å². The van der Waals surface area contributed by atoms with E-state index in [1.165, 1.54) is 11.9 Å². The van der Waals surface area contributed by atoms with Crippen LogP contribution in [0.2, 0.25) is 0 Å². The van der Waals surface area contributed by atoms with Crippen molar-refractivity contribution in [3.05, 3.63) is 30.5 Å². The van der Waals surface area contributed by atoms with Crippen molar-refractivity contribution in [3.8, 4) is 5.75 Å². The number of H-pyrrole nitrogens is 1. The van der Waals surface area contributed by atoms with E-state index in [1.54, 1.807) is 0 Å². The number of likely N-dealkylation sites (tertiary alicyclic amines) is 1. The first-order valence-electron chi connectivity index (χ1n) is 9.14. The van der Waals surface area contributed by atoms with E-state index in [2.05, 4.69) is 39.0 Å². The second kappa shape index (κ2) is 7.55. The number of ether oxygens (including phenoxy) is 2. The van der Waals surface area contributed by atoms with Gasteiger partial charge in [0, 0.05) is 56.4 Å². The highest BCUT2D eigenvalue weighted by Crippen LogP contribution is 2.27. The van der Waals surface area contributed by atoms with Crippen molar-refractivity contribution in [2.45, 2.75) is 18.9 Å². The van der Waals surface area contributed by atoms with E-state index in [1.807, 2.05) is 6.20 Å². The van der Waals surface area contributed by atoms with Crippen LogP contribution in [0.1, 0.15) is 12.8 Å². The summed E-state index contributed by atoms with van der Waals surface area (Å²) in [7, 11) is 0. The van der Waals surface area contributed by atoms with Crippen LogP contribution in [0.4, 0.5) is 0 Å². The summed E-state index contributed by atoms with van der Waals surface area (Å²) >= 11 is 0. The summed E-state index contributed by atoms with van der Waals surface area (Å²) in [5, 5.41) is 1.19. The fourth-order valence-electron chi connectivity index (χ4n) is 3.70. The molecule has 0 amide bonds. The maximum absolute atomic E-state index is 6.30. The van der Waals surface area contributed by atoms with Crippen LogP contribution in [0, 0.1) is 0 Å². The third kappa shape index (κ3) is 3.74. The van der Waals surface area contributed by atoms with Crippen molar-refractivity contribution in [3.63, 3.8) is 0 Å². The molecule has 2 saturated heterocycles.